The van der Waals surface area contributed by atoms with Gasteiger partial charge in [-0.3, -0.25) is 4.79 Å². The van der Waals surface area contributed by atoms with Crippen LogP contribution in [-0.2, 0) is 14.8 Å². The Morgan fingerprint density at radius 3 is 2.50 bits per heavy atom. The summed E-state index contributed by atoms with van der Waals surface area (Å²) in [6, 6.07) is 9.98. The second kappa shape index (κ2) is 7.84. The zero-order chi connectivity index (χ0) is 19.5. The van der Waals surface area contributed by atoms with Crippen molar-refractivity contribution in [1.29, 1.82) is 0 Å². The molecule has 0 aromatic heterocycles. The lowest BCUT2D eigenvalue weighted by atomic mass is 10.2. The van der Waals surface area contributed by atoms with Gasteiger partial charge in [0.15, 0.2) is 6.10 Å². The second-order valence-electron chi connectivity index (χ2n) is 5.97. The van der Waals surface area contributed by atoms with Crippen LogP contribution in [0.1, 0.15) is 12.5 Å². The van der Waals surface area contributed by atoms with Gasteiger partial charge in [-0.2, -0.15) is 0 Å². The van der Waals surface area contributed by atoms with E-state index in [1.54, 1.807) is 19.1 Å². The average Bonchev–Trinajstić information content (AvgIpc) is 2.56. The molecule has 0 fully saturated rings. The summed E-state index contributed by atoms with van der Waals surface area (Å²) in [7, 11) is -0.751. The quantitative estimate of drug-likeness (QED) is 0.836. The maximum Gasteiger partial charge on any atom is 0.265 e. The summed E-state index contributed by atoms with van der Waals surface area (Å²) < 4.78 is 44.2. The molecule has 0 saturated carbocycles. The minimum absolute atomic E-state index is 0.0714. The number of hydrogen-bond acceptors (Lipinski definition) is 4. The molecule has 6 nitrogen and oxygen atoms in total. The zero-order valence-corrected chi connectivity index (χ0v) is 15.8. The van der Waals surface area contributed by atoms with Crippen LogP contribution in [0.25, 0.3) is 0 Å². The van der Waals surface area contributed by atoms with Crippen molar-refractivity contribution in [3.8, 4) is 5.75 Å². The number of anilines is 1. The van der Waals surface area contributed by atoms with Crippen molar-refractivity contribution in [2.45, 2.75) is 24.8 Å². The lowest BCUT2D eigenvalue weighted by molar-refractivity contribution is -0.122. The highest BCUT2D eigenvalue weighted by molar-refractivity contribution is 7.89. The van der Waals surface area contributed by atoms with E-state index in [0.29, 0.717) is 11.3 Å². The van der Waals surface area contributed by atoms with Gasteiger partial charge in [-0.25, -0.2) is 17.1 Å². The number of amides is 1. The Balaban J connectivity index is 2.18. The number of ether oxygens (including phenoxy) is 1. The van der Waals surface area contributed by atoms with E-state index in [2.05, 4.69) is 5.32 Å². The summed E-state index contributed by atoms with van der Waals surface area (Å²) in [6.45, 7) is 3.27. The molecule has 2 aromatic carbocycles. The number of carbonyl (C=O) groups excluding carboxylic acids is 1. The molecule has 8 heteroatoms. The van der Waals surface area contributed by atoms with E-state index in [4.69, 9.17) is 4.74 Å². The van der Waals surface area contributed by atoms with Crippen LogP contribution in [0.3, 0.4) is 0 Å². The lowest BCUT2D eigenvalue weighted by Gasteiger charge is -2.17. The van der Waals surface area contributed by atoms with Gasteiger partial charge in [-0.1, -0.05) is 12.1 Å². The van der Waals surface area contributed by atoms with Gasteiger partial charge in [-0.15, -0.1) is 0 Å². The molecule has 1 N–H and O–H groups in total. The molecule has 2 rings (SSSR count). The molecule has 0 saturated heterocycles. The van der Waals surface area contributed by atoms with Gasteiger partial charge in [0.2, 0.25) is 10.0 Å². The monoisotopic (exact) mass is 380 g/mol. The first kappa shape index (κ1) is 19.9. The molecular formula is C18H21FN2O4S. The number of sulfonamides is 1. The smallest absolute Gasteiger partial charge is 0.265 e. The van der Waals surface area contributed by atoms with Crippen LogP contribution in [0.4, 0.5) is 10.1 Å². The fourth-order valence-corrected chi connectivity index (χ4v) is 3.07. The van der Waals surface area contributed by atoms with E-state index in [-0.39, 0.29) is 10.6 Å². The molecule has 0 heterocycles. The highest BCUT2D eigenvalue weighted by Gasteiger charge is 2.20. The lowest BCUT2D eigenvalue weighted by Crippen LogP contribution is -2.30. The standard InChI is InChI=1S/C18H21FN2O4S/c1-12-8-9-16(26(23,24)21(3)4)11-17(12)20-18(22)13(2)25-15-7-5-6-14(19)10-15/h5-11,13H,1-4H3,(H,20,22). The third kappa shape index (κ3) is 4.59. The minimum atomic E-state index is -3.62. The summed E-state index contributed by atoms with van der Waals surface area (Å²) in [6.07, 6.45) is -0.898. The summed E-state index contributed by atoms with van der Waals surface area (Å²) in [5, 5.41) is 2.66. The first-order valence-corrected chi connectivity index (χ1v) is 9.31. The highest BCUT2D eigenvalue weighted by atomic mass is 32.2. The van der Waals surface area contributed by atoms with Crippen LogP contribution in [0, 0.1) is 12.7 Å². The topological polar surface area (TPSA) is 75.7 Å². The molecular weight excluding hydrogens is 359 g/mol. The van der Waals surface area contributed by atoms with Crippen LogP contribution in [0.2, 0.25) is 0 Å². The predicted octanol–water partition coefficient (Wildman–Crippen LogP) is 2.79. The second-order valence-corrected chi connectivity index (χ2v) is 8.12. The molecule has 140 valence electrons. The van der Waals surface area contributed by atoms with Gasteiger partial charge in [0.1, 0.15) is 11.6 Å². The molecule has 1 unspecified atom stereocenters. The third-order valence-electron chi connectivity index (χ3n) is 3.72. The van der Waals surface area contributed by atoms with Crippen molar-refractivity contribution in [2.75, 3.05) is 19.4 Å². The molecule has 0 aliphatic carbocycles. The first-order chi connectivity index (χ1) is 12.1. The van der Waals surface area contributed by atoms with E-state index in [1.165, 1.54) is 51.4 Å². The molecule has 1 atom stereocenters. The van der Waals surface area contributed by atoms with Gasteiger partial charge in [0, 0.05) is 25.8 Å². The number of hydrogen-bond donors (Lipinski definition) is 1. The third-order valence-corrected chi connectivity index (χ3v) is 5.53. The summed E-state index contributed by atoms with van der Waals surface area (Å²) in [5.74, 6) is -0.711. The van der Waals surface area contributed by atoms with E-state index in [0.717, 1.165) is 4.31 Å². The molecule has 0 aliphatic rings. The van der Waals surface area contributed by atoms with E-state index >= 15 is 0 Å². The minimum Gasteiger partial charge on any atom is -0.481 e. The zero-order valence-electron chi connectivity index (χ0n) is 15.0. The number of halogens is 1. The first-order valence-electron chi connectivity index (χ1n) is 7.87. The van der Waals surface area contributed by atoms with Crippen LogP contribution < -0.4 is 10.1 Å². The van der Waals surface area contributed by atoms with Gasteiger partial charge in [0.05, 0.1) is 4.90 Å². The summed E-state index contributed by atoms with van der Waals surface area (Å²) in [4.78, 5) is 12.4. The predicted molar refractivity (Wildman–Crippen MR) is 97.2 cm³/mol. The fourth-order valence-electron chi connectivity index (χ4n) is 2.14. The SMILES string of the molecule is Cc1ccc(S(=O)(=O)N(C)C)cc1NC(=O)C(C)Oc1cccc(F)c1. The molecule has 0 bridgehead atoms. The molecule has 1 amide bonds. The maximum atomic E-state index is 13.2. The van der Waals surface area contributed by atoms with Gasteiger partial charge in [0.25, 0.3) is 5.91 Å². The normalized spacial score (nSPS) is 12.7. The van der Waals surface area contributed by atoms with Crippen LogP contribution in [0.15, 0.2) is 47.4 Å². The molecule has 2 aromatic rings. The Hall–Kier alpha value is -2.45. The van der Waals surface area contributed by atoms with Crippen LogP contribution in [-0.4, -0.2) is 38.8 Å². The van der Waals surface area contributed by atoms with Crippen molar-refractivity contribution in [1.82, 2.24) is 4.31 Å². The van der Waals surface area contributed by atoms with Gasteiger partial charge >= 0.3 is 0 Å². The van der Waals surface area contributed by atoms with Crippen LogP contribution in [0.5, 0.6) is 5.75 Å². The number of carbonyl (C=O) groups is 1. The number of aryl methyl sites for hydroxylation is 1. The van der Waals surface area contributed by atoms with Crippen molar-refractivity contribution >= 4 is 21.6 Å². The van der Waals surface area contributed by atoms with E-state index < -0.39 is 27.9 Å². The molecule has 26 heavy (non-hydrogen) atoms. The number of nitrogens with zero attached hydrogens (tertiary/aromatic N) is 1. The number of benzene rings is 2. The molecule has 0 radical (unpaired) electrons. The Morgan fingerprint density at radius 2 is 1.88 bits per heavy atom. The maximum absolute atomic E-state index is 13.2. The Morgan fingerprint density at radius 1 is 1.19 bits per heavy atom. The van der Waals surface area contributed by atoms with Crippen molar-refractivity contribution in [3.05, 3.63) is 53.8 Å². The van der Waals surface area contributed by atoms with Crippen LogP contribution >= 0.6 is 0 Å². The highest BCUT2D eigenvalue weighted by Crippen LogP contribution is 2.22. The summed E-state index contributed by atoms with van der Waals surface area (Å²) >= 11 is 0. The van der Waals surface area contributed by atoms with Gasteiger partial charge in [-0.05, 0) is 43.7 Å². The Bertz CT molecular complexity index is 913. The largest absolute Gasteiger partial charge is 0.481 e. The molecule has 0 aliphatic heterocycles. The average molecular weight is 380 g/mol. The fraction of sp³-hybridized carbons (Fsp3) is 0.278. The van der Waals surface area contributed by atoms with E-state index in [1.807, 2.05) is 0 Å². The van der Waals surface area contributed by atoms with Gasteiger partial charge < -0.3 is 10.1 Å². The van der Waals surface area contributed by atoms with E-state index in [9.17, 15) is 17.6 Å². The number of rotatable bonds is 6. The van der Waals surface area contributed by atoms with Crippen molar-refractivity contribution < 1.29 is 22.3 Å². The molecule has 0 spiro atoms. The van der Waals surface area contributed by atoms with Crippen molar-refractivity contribution in [3.63, 3.8) is 0 Å². The Labute approximate surface area is 152 Å². The number of nitrogens with one attached hydrogen (secondary N) is 1. The summed E-state index contributed by atoms with van der Waals surface area (Å²) in [5.41, 5.74) is 1.07. The van der Waals surface area contributed by atoms with Crippen molar-refractivity contribution in [2.24, 2.45) is 0 Å². The Kier molecular flexibility index (Phi) is 5.99.